The molecule has 14 heteroatoms. The van der Waals surface area contributed by atoms with Crippen molar-refractivity contribution < 1.29 is 13.2 Å². The average Bonchev–Trinajstić information content (AvgIpc) is 3.26. The van der Waals surface area contributed by atoms with Crippen molar-refractivity contribution in [1.82, 2.24) is 34.7 Å². The lowest BCUT2D eigenvalue weighted by Gasteiger charge is -2.21. The van der Waals surface area contributed by atoms with Crippen LogP contribution < -0.4 is 15.0 Å². The maximum atomic E-state index is 13.4. The molecular formula is C21H21ClN8O4S. The van der Waals surface area contributed by atoms with Gasteiger partial charge in [0.1, 0.15) is 0 Å². The monoisotopic (exact) mass is 516 g/mol. The van der Waals surface area contributed by atoms with Gasteiger partial charge in [-0.3, -0.25) is 24.1 Å². The van der Waals surface area contributed by atoms with Gasteiger partial charge in [0.15, 0.2) is 11.5 Å². The summed E-state index contributed by atoms with van der Waals surface area (Å²) in [6.45, 7) is 3.28. The molecule has 0 spiro atoms. The number of aromatic amines is 1. The number of H-pyrrole nitrogens is 1. The summed E-state index contributed by atoms with van der Waals surface area (Å²) in [5.41, 5.74) is 0.350. The zero-order valence-corrected chi connectivity index (χ0v) is 20.4. The summed E-state index contributed by atoms with van der Waals surface area (Å²) in [7, 11) is -2.70. The molecule has 4 heterocycles. The van der Waals surface area contributed by atoms with Crippen LogP contribution in [0.5, 0.6) is 5.88 Å². The predicted molar refractivity (Wildman–Crippen MR) is 129 cm³/mol. The van der Waals surface area contributed by atoms with E-state index >= 15 is 0 Å². The van der Waals surface area contributed by atoms with Gasteiger partial charge in [0.05, 0.1) is 23.7 Å². The van der Waals surface area contributed by atoms with Crippen LogP contribution in [0.2, 0.25) is 5.02 Å². The van der Waals surface area contributed by atoms with Gasteiger partial charge in [-0.15, -0.1) is 10.2 Å². The van der Waals surface area contributed by atoms with Crippen LogP contribution in [0, 0.1) is 0 Å². The van der Waals surface area contributed by atoms with Crippen molar-refractivity contribution in [1.29, 1.82) is 0 Å². The first-order chi connectivity index (χ1) is 16.7. The highest BCUT2D eigenvalue weighted by Crippen LogP contribution is 2.29. The third-order valence-electron chi connectivity index (χ3n) is 5.44. The Hall–Kier alpha value is -3.84. The van der Waals surface area contributed by atoms with Crippen molar-refractivity contribution in [3.8, 4) is 23.0 Å². The number of rotatable bonds is 8. The SMILES string of the molecule is COc1nc[nH]c(=O)c1-n1c(NS(=O)(=O)[C@@H](C)[C@H](C)c2ccc(Cl)cn2)nnc1-c1cccnc1. The van der Waals surface area contributed by atoms with E-state index in [1.165, 1.54) is 30.4 Å². The first kappa shape index (κ1) is 24.3. The second-order valence-electron chi connectivity index (χ2n) is 7.56. The Labute approximate surface area is 205 Å². The van der Waals surface area contributed by atoms with Crippen molar-refractivity contribution in [2.24, 2.45) is 0 Å². The summed E-state index contributed by atoms with van der Waals surface area (Å²) in [5, 5.41) is 7.65. The topological polar surface area (TPSA) is 158 Å². The van der Waals surface area contributed by atoms with E-state index in [-0.39, 0.29) is 23.3 Å². The van der Waals surface area contributed by atoms with Gasteiger partial charge in [0.2, 0.25) is 21.9 Å². The van der Waals surface area contributed by atoms with Crippen molar-refractivity contribution in [2.45, 2.75) is 25.0 Å². The summed E-state index contributed by atoms with van der Waals surface area (Å²) in [4.78, 5) is 27.6. The lowest BCUT2D eigenvalue weighted by Crippen LogP contribution is -2.31. The van der Waals surface area contributed by atoms with Crippen LogP contribution in [-0.2, 0) is 10.0 Å². The highest BCUT2D eigenvalue weighted by Gasteiger charge is 2.32. The van der Waals surface area contributed by atoms with Gasteiger partial charge in [0.25, 0.3) is 5.56 Å². The Kier molecular flexibility index (Phi) is 6.80. The van der Waals surface area contributed by atoms with Crippen LogP contribution in [0.25, 0.3) is 17.1 Å². The van der Waals surface area contributed by atoms with Crippen molar-refractivity contribution in [3.63, 3.8) is 0 Å². The Morgan fingerprint density at radius 3 is 2.60 bits per heavy atom. The standard InChI is InChI=1S/C21H21ClN8O4S/c1-12(16-7-6-15(22)10-24-16)13(2)35(32,33)29-21-28-27-18(14-5-4-8-23-9-14)30(21)17-19(31)25-11-26-20(17)34-3/h4-13H,1-3H3,(H,28,29)(H,25,26,31)/t12-,13-/m0/s1. The average molecular weight is 517 g/mol. The van der Waals surface area contributed by atoms with Gasteiger partial charge in [-0.25, -0.2) is 13.4 Å². The summed E-state index contributed by atoms with van der Waals surface area (Å²) in [6, 6.07) is 6.68. The molecule has 0 saturated carbocycles. The second kappa shape index (κ2) is 9.80. The molecule has 0 bridgehead atoms. The van der Waals surface area contributed by atoms with Gasteiger partial charge in [0, 0.05) is 35.8 Å². The number of nitrogens with one attached hydrogen (secondary N) is 2. The summed E-state index contributed by atoms with van der Waals surface area (Å²) in [5.74, 6) is -0.599. The minimum atomic E-state index is -4.04. The quantitative estimate of drug-likeness (QED) is 0.358. The number of halogens is 1. The molecule has 12 nitrogen and oxygen atoms in total. The molecular weight excluding hydrogens is 496 g/mol. The van der Waals surface area contributed by atoms with E-state index in [0.29, 0.717) is 16.3 Å². The maximum Gasteiger partial charge on any atom is 0.279 e. The molecule has 0 aliphatic rings. The molecule has 2 N–H and O–H groups in total. The van der Waals surface area contributed by atoms with Gasteiger partial charge in [-0.1, -0.05) is 18.5 Å². The van der Waals surface area contributed by atoms with E-state index in [0.717, 1.165) is 0 Å². The molecule has 0 aromatic carbocycles. The van der Waals surface area contributed by atoms with Gasteiger partial charge < -0.3 is 9.72 Å². The highest BCUT2D eigenvalue weighted by molar-refractivity contribution is 7.93. The van der Waals surface area contributed by atoms with Crippen LogP contribution in [-0.4, -0.2) is 55.5 Å². The Balaban J connectivity index is 1.80. The van der Waals surface area contributed by atoms with E-state index in [4.69, 9.17) is 16.3 Å². The lowest BCUT2D eigenvalue weighted by molar-refractivity contribution is 0.394. The van der Waals surface area contributed by atoms with Crippen molar-refractivity contribution >= 4 is 27.6 Å². The van der Waals surface area contributed by atoms with Crippen molar-refractivity contribution in [3.05, 3.63) is 70.3 Å². The fourth-order valence-electron chi connectivity index (χ4n) is 3.35. The Morgan fingerprint density at radius 2 is 1.94 bits per heavy atom. The fourth-order valence-corrected chi connectivity index (χ4v) is 4.71. The third-order valence-corrected chi connectivity index (χ3v) is 7.52. The molecule has 0 fully saturated rings. The molecule has 182 valence electrons. The van der Waals surface area contributed by atoms with Crippen molar-refractivity contribution in [2.75, 3.05) is 11.8 Å². The minimum absolute atomic E-state index is 0.0501. The summed E-state index contributed by atoms with van der Waals surface area (Å²) < 4.78 is 35.7. The zero-order valence-electron chi connectivity index (χ0n) is 18.9. The Bertz CT molecular complexity index is 1490. The van der Waals surface area contributed by atoms with Gasteiger partial charge in [-0.05, 0) is 31.2 Å². The molecule has 0 unspecified atom stereocenters. The maximum absolute atomic E-state index is 13.4. The number of sulfonamides is 1. The molecule has 4 aromatic rings. The zero-order chi connectivity index (χ0) is 25.2. The van der Waals surface area contributed by atoms with E-state index in [9.17, 15) is 13.2 Å². The normalized spacial score (nSPS) is 13.3. The molecule has 4 rings (SSSR count). The number of nitrogens with zero attached hydrogens (tertiary/aromatic N) is 6. The molecule has 0 saturated heterocycles. The molecule has 35 heavy (non-hydrogen) atoms. The van der Waals surface area contributed by atoms with Crippen LogP contribution in [0.4, 0.5) is 5.95 Å². The van der Waals surface area contributed by atoms with E-state index < -0.39 is 26.8 Å². The molecule has 4 aromatic heterocycles. The number of anilines is 1. The summed E-state index contributed by atoms with van der Waals surface area (Å²) in [6.07, 6.45) is 5.70. The van der Waals surface area contributed by atoms with Crippen LogP contribution in [0.3, 0.4) is 0 Å². The number of aromatic nitrogens is 7. The Morgan fingerprint density at radius 1 is 1.14 bits per heavy atom. The predicted octanol–water partition coefficient (Wildman–Crippen LogP) is 2.40. The molecule has 0 aliphatic carbocycles. The van der Waals surface area contributed by atoms with Gasteiger partial charge in [-0.2, -0.15) is 0 Å². The molecule has 2 atom stereocenters. The highest BCUT2D eigenvalue weighted by atomic mass is 35.5. The van der Waals surface area contributed by atoms with E-state index in [1.54, 1.807) is 44.3 Å². The first-order valence-corrected chi connectivity index (χ1v) is 12.3. The van der Waals surface area contributed by atoms with E-state index in [1.807, 2.05) is 0 Å². The number of ether oxygens (including phenoxy) is 1. The van der Waals surface area contributed by atoms with E-state index in [2.05, 4.69) is 34.9 Å². The first-order valence-electron chi connectivity index (χ1n) is 10.3. The third kappa shape index (κ3) is 4.86. The van der Waals surface area contributed by atoms with Crippen LogP contribution in [0.1, 0.15) is 25.5 Å². The largest absolute Gasteiger partial charge is 0.479 e. The number of methoxy groups -OCH3 is 1. The summed E-state index contributed by atoms with van der Waals surface area (Å²) >= 11 is 5.90. The lowest BCUT2D eigenvalue weighted by atomic mass is 10.0. The molecule has 0 aliphatic heterocycles. The number of hydrogen-bond acceptors (Lipinski definition) is 9. The second-order valence-corrected chi connectivity index (χ2v) is 10.0. The van der Waals surface area contributed by atoms with Crippen LogP contribution in [0.15, 0.2) is 54.0 Å². The minimum Gasteiger partial charge on any atom is -0.479 e. The smallest absolute Gasteiger partial charge is 0.279 e. The number of hydrogen-bond donors (Lipinski definition) is 2. The fraction of sp³-hybridized carbons (Fsp3) is 0.238. The van der Waals surface area contributed by atoms with Crippen LogP contribution >= 0.6 is 11.6 Å². The molecule has 0 radical (unpaired) electrons. The molecule has 0 amide bonds. The number of pyridine rings is 2. The van der Waals surface area contributed by atoms with Gasteiger partial charge >= 0.3 is 0 Å².